The Balaban J connectivity index is 1.47. The van der Waals surface area contributed by atoms with E-state index in [1.54, 1.807) is 0 Å². The van der Waals surface area contributed by atoms with Gasteiger partial charge in [0.2, 0.25) is 5.95 Å². The number of hydrogen-bond donors (Lipinski definition) is 2. The lowest BCUT2D eigenvalue weighted by molar-refractivity contribution is 0.0335. The van der Waals surface area contributed by atoms with Crippen LogP contribution in [-0.2, 0) is 17.7 Å². The van der Waals surface area contributed by atoms with Gasteiger partial charge in [-0.2, -0.15) is 5.10 Å². The third-order valence-electron chi connectivity index (χ3n) is 6.11. The zero-order valence-electron chi connectivity index (χ0n) is 19.2. The predicted molar refractivity (Wildman–Crippen MR) is 123 cm³/mol. The maximum absolute atomic E-state index is 6.16. The Kier molecular flexibility index (Phi) is 5.57. The summed E-state index contributed by atoms with van der Waals surface area (Å²) in [6, 6.07) is 4.28. The number of anilines is 2. The van der Waals surface area contributed by atoms with Crippen LogP contribution in [0.2, 0.25) is 0 Å². The zero-order valence-corrected chi connectivity index (χ0v) is 19.2. The number of nitrogens with zero attached hydrogens (tertiary/aromatic N) is 4. The number of aromatic nitrogens is 4. The van der Waals surface area contributed by atoms with Crippen LogP contribution in [0.15, 0.2) is 18.3 Å². The van der Waals surface area contributed by atoms with Crippen LogP contribution in [0.5, 0.6) is 5.75 Å². The summed E-state index contributed by atoms with van der Waals surface area (Å²) < 4.78 is 11.6. The molecule has 1 saturated heterocycles. The number of aromatic amines is 1. The average molecular weight is 435 g/mol. The number of rotatable bonds is 6. The first kappa shape index (κ1) is 20.9. The highest BCUT2D eigenvalue weighted by Gasteiger charge is 2.28. The number of morpholine rings is 1. The second-order valence-corrected chi connectivity index (χ2v) is 8.85. The summed E-state index contributed by atoms with van der Waals surface area (Å²) in [4.78, 5) is 11.4. The lowest BCUT2D eigenvalue weighted by Crippen LogP contribution is -2.35. The zero-order chi connectivity index (χ0) is 22.2. The molecule has 5 rings (SSSR count). The van der Waals surface area contributed by atoms with Gasteiger partial charge in [-0.3, -0.25) is 10.00 Å². The van der Waals surface area contributed by atoms with Crippen LogP contribution in [-0.4, -0.2) is 57.5 Å². The monoisotopic (exact) mass is 434 g/mol. The van der Waals surface area contributed by atoms with E-state index in [9.17, 15) is 0 Å². The Hall–Kier alpha value is -2.97. The number of ether oxygens (including phenoxy) is 2. The highest BCUT2D eigenvalue weighted by Crippen LogP contribution is 2.43. The van der Waals surface area contributed by atoms with Gasteiger partial charge in [0.05, 0.1) is 36.4 Å². The number of fused-ring (bicyclic) bond motifs is 3. The summed E-state index contributed by atoms with van der Waals surface area (Å²) in [6.07, 6.45) is 2.76. The molecule has 2 N–H and O–H groups in total. The van der Waals surface area contributed by atoms with E-state index in [-0.39, 0.29) is 6.10 Å². The first-order valence-corrected chi connectivity index (χ1v) is 11.3. The van der Waals surface area contributed by atoms with Crippen molar-refractivity contribution >= 4 is 11.6 Å². The van der Waals surface area contributed by atoms with Crippen LogP contribution in [0.3, 0.4) is 0 Å². The lowest BCUT2D eigenvalue weighted by Gasteiger charge is -2.25. The van der Waals surface area contributed by atoms with Crippen molar-refractivity contribution in [1.82, 2.24) is 25.1 Å². The van der Waals surface area contributed by atoms with Crippen molar-refractivity contribution in [2.45, 2.75) is 46.8 Å². The molecule has 0 amide bonds. The first-order chi connectivity index (χ1) is 15.5. The maximum Gasteiger partial charge on any atom is 0.227 e. The number of benzene rings is 1. The van der Waals surface area contributed by atoms with Crippen molar-refractivity contribution in [2.24, 2.45) is 0 Å². The largest absolute Gasteiger partial charge is 0.489 e. The Morgan fingerprint density at radius 1 is 1.22 bits per heavy atom. The van der Waals surface area contributed by atoms with E-state index >= 15 is 0 Å². The Morgan fingerprint density at radius 2 is 2.03 bits per heavy atom. The highest BCUT2D eigenvalue weighted by molar-refractivity contribution is 5.81. The van der Waals surface area contributed by atoms with E-state index in [2.05, 4.69) is 42.5 Å². The van der Waals surface area contributed by atoms with Crippen molar-refractivity contribution in [2.75, 3.05) is 31.6 Å². The van der Waals surface area contributed by atoms with Gasteiger partial charge in [-0.15, -0.1) is 0 Å². The molecule has 0 spiro atoms. The van der Waals surface area contributed by atoms with Crippen molar-refractivity contribution in [3.05, 3.63) is 46.4 Å². The second-order valence-electron chi connectivity index (χ2n) is 8.85. The van der Waals surface area contributed by atoms with Crippen LogP contribution >= 0.6 is 0 Å². The van der Waals surface area contributed by atoms with Gasteiger partial charge < -0.3 is 14.8 Å². The van der Waals surface area contributed by atoms with E-state index in [4.69, 9.17) is 9.47 Å². The van der Waals surface area contributed by atoms with Gasteiger partial charge in [0, 0.05) is 49.1 Å². The third kappa shape index (κ3) is 4.08. The Bertz CT molecular complexity index is 1130. The number of hydrogen-bond acceptors (Lipinski definition) is 7. The van der Waals surface area contributed by atoms with E-state index in [0.717, 1.165) is 78.9 Å². The molecule has 2 aliphatic rings. The van der Waals surface area contributed by atoms with Crippen LogP contribution in [0.1, 0.15) is 41.9 Å². The molecule has 8 nitrogen and oxygen atoms in total. The van der Waals surface area contributed by atoms with Gasteiger partial charge in [0.25, 0.3) is 0 Å². The quantitative estimate of drug-likeness (QED) is 0.478. The molecule has 0 radical (unpaired) electrons. The van der Waals surface area contributed by atoms with Crippen molar-refractivity contribution in [3.63, 3.8) is 0 Å². The van der Waals surface area contributed by atoms with Crippen LogP contribution < -0.4 is 10.1 Å². The molecule has 1 aromatic carbocycles. The van der Waals surface area contributed by atoms with Gasteiger partial charge in [0.15, 0.2) is 0 Å². The van der Waals surface area contributed by atoms with Gasteiger partial charge in [-0.25, -0.2) is 9.97 Å². The fourth-order valence-corrected chi connectivity index (χ4v) is 4.27. The predicted octanol–water partition coefficient (Wildman–Crippen LogP) is 3.75. The van der Waals surface area contributed by atoms with E-state index in [1.165, 1.54) is 11.1 Å². The van der Waals surface area contributed by atoms with Crippen molar-refractivity contribution in [1.29, 1.82) is 0 Å². The minimum Gasteiger partial charge on any atom is -0.489 e. The van der Waals surface area contributed by atoms with Gasteiger partial charge in [-0.05, 0) is 51.0 Å². The van der Waals surface area contributed by atoms with E-state index in [0.29, 0.717) is 5.95 Å². The minimum atomic E-state index is 0.0621. The van der Waals surface area contributed by atoms with Crippen LogP contribution in [0.25, 0.3) is 11.3 Å². The lowest BCUT2D eigenvalue weighted by atomic mass is 10.1. The standard InChI is InChI=1S/C24H30N6O2/c1-14(2)32-22-10-17-9-19-21(13-30-5-7-31-8-6-30)28-29-23(19)18(17)11-20(22)27-24-25-12-15(3)16(4)26-24/h10-12,14H,5-9,13H2,1-4H3,(H,28,29)(H,25,26,27). The van der Waals surface area contributed by atoms with E-state index < -0.39 is 0 Å². The maximum atomic E-state index is 6.16. The fraction of sp³-hybridized carbons (Fsp3) is 0.458. The highest BCUT2D eigenvalue weighted by atomic mass is 16.5. The molecule has 0 unspecified atom stereocenters. The minimum absolute atomic E-state index is 0.0621. The molecule has 3 aromatic rings. The van der Waals surface area contributed by atoms with Crippen LogP contribution in [0, 0.1) is 13.8 Å². The van der Waals surface area contributed by atoms with Gasteiger partial charge in [-0.1, -0.05) is 0 Å². The van der Waals surface area contributed by atoms with Gasteiger partial charge >= 0.3 is 0 Å². The first-order valence-electron chi connectivity index (χ1n) is 11.3. The summed E-state index contributed by atoms with van der Waals surface area (Å²) in [5.74, 6) is 1.38. The molecule has 168 valence electrons. The molecule has 3 heterocycles. The number of aryl methyl sites for hydroxylation is 2. The van der Waals surface area contributed by atoms with E-state index in [1.807, 2.05) is 33.9 Å². The summed E-state index contributed by atoms with van der Waals surface area (Å²) in [7, 11) is 0. The average Bonchev–Trinajstić information content (AvgIpc) is 3.31. The topological polar surface area (TPSA) is 88.2 Å². The normalized spacial score (nSPS) is 15.7. The Labute approximate surface area is 188 Å². The SMILES string of the molecule is Cc1cnc(Nc2cc3c(cc2OC(C)C)Cc2c(CN4CCOCC4)n[nH]c2-3)nc1C. The summed E-state index contributed by atoms with van der Waals surface area (Å²) >= 11 is 0. The fourth-order valence-electron chi connectivity index (χ4n) is 4.27. The molecule has 1 aliphatic heterocycles. The molecule has 1 fully saturated rings. The molecular weight excluding hydrogens is 404 g/mol. The number of nitrogens with one attached hydrogen (secondary N) is 2. The summed E-state index contributed by atoms with van der Waals surface area (Å²) in [5.41, 5.74) is 8.79. The second kappa shape index (κ2) is 8.52. The molecule has 8 heteroatoms. The molecule has 0 atom stereocenters. The molecule has 0 bridgehead atoms. The third-order valence-corrected chi connectivity index (χ3v) is 6.11. The van der Waals surface area contributed by atoms with Crippen LogP contribution in [0.4, 0.5) is 11.6 Å². The molecule has 1 aliphatic carbocycles. The summed E-state index contributed by atoms with van der Waals surface area (Å²) in [5, 5.41) is 11.3. The van der Waals surface area contributed by atoms with Gasteiger partial charge in [0.1, 0.15) is 5.75 Å². The Morgan fingerprint density at radius 3 is 2.78 bits per heavy atom. The molecular formula is C24H30N6O2. The smallest absolute Gasteiger partial charge is 0.227 e. The molecule has 0 saturated carbocycles. The van der Waals surface area contributed by atoms with Crippen molar-refractivity contribution in [3.8, 4) is 17.0 Å². The number of H-pyrrole nitrogens is 1. The summed E-state index contributed by atoms with van der Waals surface area (Å²) in [6.45, 7) is 12.4. The molecule has 32 heavy (non-hydrogen) atoms. The van der Waals surface area contributed by atoms with Crippen molar-refractivity contribution < 1.29 is 9.47 Å². The molecule has 2 aromatic heterocycles.